The molecule has 13 N–H and O–H groups in total. The van der Waals surface area contributed by atoms with Crippen LogP contribution in [0.2, 0.25) is 5.02 Å². The van der Waals surface area contributed by atoms with Crippen molar-refractivity contribution in [3.63, 3.8) is 0 Å². The van der Waals surface area contributed by atoms with E-state index in [9.17, 15) is 29.7 Å². The van der Waals surface area contributed by atoms with E-state index in [1.54, 1.807) is 93.9 Å². The molecule has 0 saturated heterocycles. The number of nitrogens with one attached hydrogen (secondary N) is 10. The predicted molar refractivity (Wildman–Crippen MR) is 543 cm³/mol. The van der Waals surface area contributed by atoms with Gasteiger partial charge in [-0.05, 0) is 271 Å². The van der Waals surface area contributed by atoms with Crippen molar-refractivity contribution in [2.45, 2.75) is 180 Å². The molecule has 710 valence electrons. The number of aromatic amines is 4. The van der Waals surface area contributed by atoms with Crippen LogP contribution < -0.4 is 50.8 Å². The minimum absolute atomic E-state index is 0.0829. The standard InChI is InChI=1S/C30H30N4O.C27H29N5O3.C26H26ClN5O3.C26H27N5O3/c1-20-10-12-22(13-11-20)26-14-15-27-29(26)30(35-25-8-3-2-4-9-25)34-28(33-27)17-21-6-5-7-23(16-21)24-18-31-32-19-24;1-3-16-14-18(25(34)28-2)10-13-22(16)30-27-31-24-23(26(32-27)35-20-6-4-5-7-20)21(15-29-24)17-8-11-19(33)12-9-17;1-28-24(34)15-7-9-16(10-8-15)30-26-31-23-22(25(32-26)35-18-5-3-2-4-6-18)20(14-29-23)19-12-11-17(33)13-21(19)27;1-15-13-17(24(33)27-2)9-12-21(15)29-26-30-23-22(25(31-26)34-19-5-3-4-6-19)20(14-28-23)16-7-10-18(32)11-8-16/h5-7,10-14,16,18-19,25H,2-4,8-9,15,17H2,1H3,(H,31,32);8-15,20,33H,3-7H2,1-2H3,(H,28,34)(H2,29,30,31,32);7-14,18,33H,2-6H2,1H3,(H,28,34)(H2,29,30,31,32);7-14,19,32H,3-6H2,1-2H3,(H,27,33)(H2,28,29,30,31). The third kappa shape index (κ3) is 22.2. The third-order valence-corrected chi connectivity index (χ3v) is 26.3. The summed E-state index contributed by atoms with van der Waals surface area (Å²) in [4.78, 5) is 84.0. The number of ether oxygens (including phenoxy) is 4. The number of aromatic nitrogens is 13. The molecule has 0 aliphatic heterocycles. The fourth-order valence-electron chi connectivity index (χ4n) is 18.6. The molecule has 3 amide bonds. The number of benzene rings is 8. The molecule has 8 aromatic carbocycles. The van der Waals surface area contributed by atoms with Gasteiger partial charge in [-0.1, -0.05) is 116 Å². The molecular weight excluding hydrogens is 1770 g/mol. The molecule has 5 aliphatic carbocycles. The number of hydrogen-bond donors (Lipinski definition) is 13. The SMILES string of the molecule is CCc1cc(C(=O)NC)ccc1Nc1nc(OC2CCCC2)c2c(-c3ccc(O)cc3)c[nH]c2n1.CNC(=O)c1ccc(Nc2nc(OC3CCCC3)c3c(-c4ccc(O)cc4)c[nH]c3n2)c(C)c1.CNC(=O)c1ccc(Nc2nc(OC3CCCCC3)c3c(-c4ccc(O)cc4Cl)c[nH]c3n2)cc1.Cc1ccc(C2=CCc3nc(Cc4cccc(-c5cn[nH]c5)c4)nc(OC4CCCCC4)c32)cc1. The summed E-state index contributed by atoms with van der Waals surface area (Å²) in [6.45, 7) is 6.10. The zero-order valence-corrected chi connectivity index (χ0v) is 79.2. The lowest BCUT2D eigenvalue weighted by Crippen LogP contribution is -2.21. The Morgan fingerprint density at radius 2 is 0.892 bits per heavy atom. The van der Waals surface area contributed by atoms with Crippen LogP contribution in [-0.4, -0.2) is 144 Å². The summed E-state index contributed by atoms with van der Waals surface area (Å²) >= 11 is 6.45. The number of aromatic hydroxyl groups is 3. The molecule has 8 aromatic heterocycles. The number of aryl methyl sites for hydroxylation is 3. The minimum atomic E-state index is -0.149. The average molecular weight is 1880 g/mol. The van der Waals surface area contributed by atoms with Crippen LogP contribution in [-0.2, 0) is 19.3 Å². The lowest BCUT2D eigenvalue weighted by molar-refractivity contribution is 0.0955. The van der Waals surface area contributed by atoms with Gasteiger partial charge in [-0.25, -0.2) is 4.98 Å². The van der Waals surface area contributed by atoms with E-state index in [0.717, 1.165) is 215 Å². The first-order chi connectivity index (χ1) is 67.8. The molecule has 0 spiro atoms. The zero-order valence-electron chi connectivity index (χ0n) is 78.5. The molecule has 4 fully saturated rings. The molecule has 4 saturated carbocycles. The van der Waals surface area contributed by atoms with Gasteiger partial charge in [0, 0.05) is 120 Å². The second-order valence-electron chi connectivity index (χ2n) is 35.7. The second-order valence-corrected chi connectivity index (χ2v) is 36.1. The van der Waals surface area contributed by atoms with Crippen LogP contribution in [0.5, 0.6) is 40.8 Å². The maximum Gasteiger partial charge on any atom is 0.251 e. The quantitative estimate of drug-likeness (QED) is 0.0253. The summed E-state index contributed by atoms with van der Waals surface area (Å²) in [5, 5.41) is 56.7. The van der Waals surface area contributed by atoms with Crippen LogP contribution in [0.15, 0.2) is 213 Å². The van der Waals surface area contributed by atoms with E-state index >= 15 is 0 Å². The van der Waals surface area contributed by atoms with Gasteiger partial charge in [0.25, 0.3) is 17.7 Å². The first-order valence-corrected chi connectivity index (χ1v) is 48.2. The number of nitrogens with zero attached hydrogens (tertiary/aromatic N) is 9. The van der Waals surface area contributed by atoms with Crippen molar-refractivity contribution in [1.29, 1.82) is 0 Å². The number of amides is 3. The fourth-order valence-corrected chi connectivity index (χ4v) is 18.8. The molecule has 139 heavy (non-hydrogen) atoms. The Labute approximate surface area is 809 Å². The summed E-state index contributed by atoms with van der Waals surface area (Å²) in [6, 6.07) is 54.3. The van der Waals surface area contributed by atoms with Crippen molar-refractivity contribution >= 4 is 103 Å². The molecule has 29 nitrogen and oxygen atoms in total. The highest BCUT2D eigenvalue weighted by atomic mass is 35.5. The van der Waals surface area contributed by atoms with E-state index in [1.165, 1.54) is 54.0 Å². The lowest BCUT2D eigenvalue weighted by Gasteiger charge is -2.24. The number of allylic oxidation sites excluding steroid dienone is 1. The molecule has 5 aliphatic rings. The highest BCUT2D eigenvalue weighted by molar-refractivity contribution is 6.34. The fraction of sp³-hybridized carbons (Fsp3) is 0.284. The monoisotopic (exact) mass is 1880 g/mol. The van der Waals surface area contributed by atoms with Crippen molar-refractivity contribution in [3.05, 3.63) is 280 Å². The summed E-state index contributed by atoms with van der Waals surface area (Å²) in [6.07, 6.45) is 34.5. The number of H-pyrrole nitrogens is 4. The van der Waals surface area contributed by atoms with Crippen LogP contribution in [0, 0.1) is 13.8 Å². The van der Waals surface area contributed by atoms with E-state index in [0.29, 0.717) is 80.6 Å². The smallest absolute Gasteiger partial charge is 0.251 e. The van der Waals surface area contributed by atoms with Crippen LogP contribution in [0.1, 0.15) is 198 Å². The van der Waals surface area contributed by atoms with Gasteiger partial charge in [0.15, 0.2) is 0 Å². The topological polar surface area (TPSA) is 400 Å². The number of halogens is 1. The van der Waals surface area contributed by atoms with Gasteiger partial charge in [-0.15, -0.1) is 0 Å². The minimum Gasteiger partial charge on any atom is -0.508 e. The van der Waals surface area contributed by atoms with Crippen LogP contribution in [0.25, 0.3) is 83.2 Å². The summed E-state index contributed by atoms with van der Waals surface area (Å²) in [5.41, 5.74) is 22.5. The zero-order chi connectivity index (χ0) is 96.0. The molecule has 21 rings (SSSR count). The number of phenolic OH excluding ortho intramolecular Hbond substituents is 3. The Kier molecular flexibility index (Phi) is 29.1. The van der Waals surface area contributed by atoms with Crippen molar-refractivity contribution in [2.24, 2.45) is 0 Å². The second kappa shape index (κ2) is 43.1. The molecule has 16 aromatic rings. The summed E-state index contributed by atoms with van der Waals surface area (Å²) in [5.74, 6) is 4.46. The molecule has 0 bridgehead atoms. The van der Waals surface area contributed by atoms with Crippen molar-refractivity contribution < 1.29 is 48.7 Å². The van der Waals surface area contributed by atoms with Crippen molar-refractivity contribution in [1.82, 2.24) is 81.0 Å². The maximum absolute atomic E-state index is 12.1. The van der Waals surface area contributed by atoms with Gasteiger partial charge >= 0.3 is 0 Å². The van der Waals surface area contributed by atoms with Crippen LogP contribution in [0.3, 0.4) is 0 Å². The molecule has 0 unspecified atom stereocenters. The van der Waals surface area contributed by atoms with Crippen LogP contribution in [0.4, 0.5) is 34.9 Å². The lowest BCUT2D eigenvalue weighted by atomic mass is 9.97. The first kappa shape index (κ1) is 93.7. The van der Waals surface area contributed by atoms with E-state index in [2.05, 4.69) is 124 Å². The molecule has 8 heterocycles. The Morgan fingerprint density at radius 1 is 0.424 bits per heavy atom. The molecule has 0 radical (unpaired) electrons. The average Bonchev–Trinajstić information content (AvgIpc) is 1.66. The number of anilines is 6. The van der Waals surface area contributed by atoms with E-state index < -0.39 is 0 Å². The predicted octanol–water partition coefficient (Wildman–Crippen LogP) is 22.6. The number of phenols is 3. The van der Waals surface area contributed by atoms with E-state index in [4.69, 9.17) is 65.4 Å². The Hall–Kier alpha value is -15.7. The number of fused-ring (bicyclic) bond motifs is 4. The Bertz CT molecular complexity index is 7100. The van der Waals surface area contributed by atoms with Crippen molar-refractivity contribution in [2.75, 3.05) is 37.1 Å². The first-order valence-electron chi connectivity index (χ1n) is 47.8. The van der Waals surface area contributed by atoms with Crippen LogP contribution >= 0.6 is 11.6 Å². The number of rotatable bonds is 25. The molecule has 30 heteroatoms. The van der Waals surface area contributed by atoms with Crippen molar-refractivity contribution in [3.8, 4) is 85.3 Å². The van der Waals surface area contributed by atoms with Gasteiger partial charge in [0.1, 0.15) is 64.4 Å². The molecule has 0 atom stereocenters. The van der Waals surface area contributed by atoms with E-state index in [-0.39, 0.29) is 59.4 Å². The highest BCUT2D eigenvalue weighted by Gasteiger charge is 2.31. The number of carbonyl (C=O) groups is 3. The normalized spacial score (nSPS) is 14.3. The maximum atomic E-state index is 12.1. The molecular formula is C109H112ClN19O10. The Morgan fingerprint density at radius 3 is 1.40 bits per heavy atom. The third-order valence-electron chi connectivity index (χ3n) is 26.0. The van der Waals surface area contributed by atoms with Gasteiger partial charge < -0.3 is 81.1 Å². The van der Waals surface area contributed by atoms with Gasteiger partial charge in [0.2, 0.25) is 41.4 Å². The largest absolute Gasteiger partial charge is 0.508 e. The highest BCUT2D eigenvalue weighted by Crippen LogP contribution is 2.45. The Balaban J connectivity index is 0.000000123. The van der Waals surface area contributed by atoms with Gasteiger partial charge in [0.05, 0.1) is 38.6 Å². The van der Waals surface area contributed by atoms with E-state index in [1.807, 2.05) is 93.4 Å². The van der Waals surface area contributed by atoms with Gasteiger partial charge in [-0.2, -0.15) is 40.0 Å². The van der Waals surface area contributed by atoms with Gasteiger partial charge in [-0.3, -0.25) is 19.5 Å². The summed E-state index contributed by atoms with van der Waals surface area (Å²) in [7, 11) is 4.83. The summed E-state index contributed by atoms with van der Waals surface area (Å²) < 4.78 is 25.9. The number of carbonyl (C=O) groups excluding carboxylic acids is 3. The number of hydrogen-bond acceptors (Lipinski definition) is 22.